The van der Waals surface area contributed by atoms with Crippen molar-refractivity contribution in [1.29, 1.82) is 0 Å². The van der Waals surface area contributed by atoms with Crippen LogP contribution in [0.25, 0.3) is 0 Å². The van der Waals surface area contributed by atoms with Crippen LogP contribution in [0.5, 0.6) is 0 Å². The van der Waals surface area contributed by atoms with Crippen molar-refractivity contribution in [3.63, 3.8) is 0 Å². The normalized spacial score (nSPS) is 5.20. The Bertz CT molecular complexity index is 29.9. The number of halogens is 1. The van der Waals surface area contributed by atoms with Crippen LogP contribution in [0.1, 0.15) is 0 Å². The Morgan fingerprint density at radius 3 is 1.40 bits per heavy atom. The van der Waals surface area contributed by atoms with Crippen molar-refractivity contribution >= 4 is 45.0 Å². The Hall–Kier alpha value is 1.27. The zero-order chi connectivity index (χ0) is 3.58. The maximum absolute atomic E-state index is 8.60. The van der Waals surface area contributed by atoms with Crippen molar-refractivity contribution in [1.82, 2.24) is 0 Å². The molecule has 0 unspecified atom stereocenters. The van der Waals surface area contributed by atoms with Crippen LogP contribution in [0.4, 0.5) is 0 Å². The second-order valence-electron chi connectivity index (χ2n) is 0.224. The van der Waals surface area contributed by atoms with E-state index in [4.69, 9.17) is 9.79 Å². The summed E-state index contributed by atoms with van der Waals surface area (Å²) >= 11 is -4.20. The summed E-state index contributed by atoms with van der Waals surface area (Å²) in [7, 11) is 0. The fourth-order valence-corrected chi connectivity index (χ4v) is 0. The van der Waals surface area contributed by atoms with Crippen LogP contribution >= 0.6 is 24.0 Å². The van der Waals surface area contributed by atoms with Gasteiger partial charge in [-0.25, -0.2) is 0 Å². The van der Waals surface area contributed by atoms with E-state index < -0.39 is 21.0 Å². The van der Waals surface area contributed by atoms with E-state index in [2.05, 4.69) is 0 Å². The maximum atomic E-state index is 8.60. The molecule has 0 bridgehead atoms. The minimum atomic E-state index is -4.20. The van der Waals surface area contributed by atoms with Crippen LogP contribution < -0.4 is 6.77 Å². The van der Waals surface area contributed by atoms with Crippen LogP contribution in [0.15, 0.2) is 0 Å². The van der Waals surface area contributed by atoms with E-state index >= 15 is 0 Å². The van der Waals surface area contributed by atoms with Gasteiger partial charge in [-0.05, 0) is 0 Å². The minimum absolute atomic E-state index is 0. The Morgan fingerprint density at radius 2 is 1.40 bits per heavy atom. The van der Waals surface area contributed by atoms with E-state index in [9.17, 15) is 0 Å². The van der Waals surface area contributed by atoms with Gasteiger partial charge in [0.2, 0.25) is 0 Å². The van der Waals surface area contributed by atoms with E-state index in [1.165, 1.54) is 0 Å². The van der Waals surface area contributed by atoms with E-state index in [0.717, 1.165) is 0 Å². The zero-order valence-corrected chi connectivity index (χ0v) is 6.96. The summed E-state index contributed by atoms with van der Waals surface area (Å²) in [5.74, 6) is 0. The van der Waals surface area contributed by atoms with E-state index in [1.807, 2.05) is 0 Å². The van der Waals surface area contributed by atoms with Gasteiger partial charge in [0.05, 0.1) is 0 Å². The van der Waals surface area contributed by atoms with Gasteiger partial charge >= 0.3 is 30.8 Å². The van der Waals surface area contributed by atoms with Crippen molar-refractivity contribution in [3.05, 3.63) is 0 Å². The van der Waals surface area contributed by atoms with Crippen molar-refractivity contribution in [2.45, 2.75) is 0 Å². The summed E-state index contributed by atoms with van der Waals surface area (Å²) in [5, 5.41) is 0. The molecule has 0 amide bonds. The number of hydrogen-bond donors (Lipinski definition) is 0. The Labute approximate surface area is 54.5 Å². The fraction of sp³-hybridized carbons (Fsp3) is 0. The molecular formula is HIO3Sb-2. The molecule has 1 radical (unpaired) electrons. The summed E-state index contributed by atoms with van der Waals surface area (Å²) in [6, 6.07) is 0. The molecule has 0 aromatic carbocycles. The van der Waals surface area contributed by atoms with Crippen LogP contribution in [-0.4, -0.2) is 21.0 Å². The Balaban J connectivity index is 0. The van der Waals surface area contributed by atoms with Crippen molar-refractivity contribution in [3.8, 4) is 0 Å². The molecule has 5 heteroatoms. The number of hydrogen-bond acceptors (Lipinski definition) is 3. The van der Waals surface area contributed by atoms with Crippen molar-refractivity contribution in [2.24, 2.45) is 0 Å². The van der Waals surface area contributed by atoms with E-state index in [0.29, 0.717) is 0 Å². The van der Waals surface area contributed by atoms with Crippen LogP contribution in [0.3, 0.4) is 0 Å². The van der Waals surface area contributed by atoms with Gasteiger partial charge in [0.1, 0.15) is 0 Å². The molecule has 0 atom stereocenters. The molecule has 0 heterocycles. The van der Waals surface area contributed by atoms with E-state index in [-0.39, 0.29) is 24.0 Å². The summed E-state index contributed by atoms with van der Waals surface area (Å²) < 4.78 is 25.8. The Morgan fingerprint density at radius 1 is 1.40 bits per heavy atom. The predicted octanol–water partition coefficient (Wildman–Crippen LogP) is -2.26. The molecule has 0 rings (SSSR count). The zero-order valence-electron chi connectivity index (χ0n) is 2.08. The third-order valence-corrected chi connectivity index (χ3v) is 0. The molecule has 5 heavy (non-hydrogen) atoms. The molecule has 0 spiro atoms. The van der Waals surface area contributed by atoms with Crippen LogP contribution in [0.2, 0.25) is 0 Å². The predicted molar refractivity (Wildman–Crippen MR) is 21.9 cm³/mol. The SMILES string of the molecule is I.[O]=[Sb]([O-])[O-]. The van der Waals surface area contributed by atoms with Crippen molar-refractivity contribution < 1.29 is 9.79 Å². The quantitative estimate of drug-likeness (QED) is 0.374. The molecule has 0 aliphatic heterocycles. The second kappa shape index (κ2) is 5.27. The first-order valence-corrected chi connectivity index (χ1v) is 3.67. The number of rotatable bonds is 0. The summed E-state index contributed by atoms with van der Waals surface area (Å²) in [5.41, 5.74) is 0. The average Bonchev–Trinajstić information content (AvgIpc) is 0.811. The molecule has 0 aromatic rings. The van der Waals surface area contributed by atoms with Gasteiger partial charge in [-0.1, -0.05) is 0 Å². The molecule has 0 saturated heterocycles. The third kappa shape index (κ3) is 35.0. The van der Waals surface area contributed by atoms with Gasteiger partial charge in [0, 0.05) is 0 Å². The second-order valence-corrected chi connectivity index (χ2v) is 1.50. The first kappa shape index (κ1) is 9.55. The fourth-order valence-electron chi connectivity index (χ4n) is 0. The summed E-state index contributed by atoms with van der Waals surface area (Å²) in [6.07, 6.45) is 0. The van der Waals surface area contributed by atoms with Gasteiger partial charge in [0.25, 0.3) is 0 Å². The first-order valence-electron chi connectivity index (χ1n) is 0.548. The molecule has 0 aliphatic carbocycles. The first-order chi connectivity index (χ1) is 1.73. The van der Waals surface area contributed by atoms with Gasteiger partial charge in [-0.15, -0.1) is 24.0 Å². The molecule has 33 valence electrons. The van der Waals surface area contributed by atoms with E-state index in [1.54, 1.807) is 0 Å². The molecule has 0 N–H and O–H groups in total. The molecule has 0 fully saturated rings. The molecule has 0 saturated carbocycles. The standard InChI is InChI=1S/HI.3O.Sb/h1H;;;;/q;;2*-1;. The third-order valence-electron chi connectivity index (χ3n) is 0. The van der Waals surface area contributed by atoms with Crippen molar-refractivity contribution in [2.75, 3.05) is 0 Å². The monoisotopic (exact) mass is 297 g/mol. The molecule has 3 nitrogen and oxygen atoms in total. The molecule has 0 aromatic heterocycles. The van der Waals surface area contributed by atoms with Crippen LogP contribution in [-0.2, 0) is 3.02 Å². The molecular weight excluding hydrogens is 297 g/mol. The summed E-state index contributed by atoms with van der Waals surface area (Å²) in [4.78, 5) is 0. The van der Waals surface area contributed by atoms with Crippen LogP contribution in [0, 0.1) is 0 Å². The average molecular weight is 298 g/mol. The topological polar surface area (TPSA) is 63.2 Å². The Kier molecular flexibility index (Phi) is 10.1. The van der Waals surface area contributed by atoms with Gasteiger partial charge in [-0.3, -0.25) is 0 Å². The van der Waals surface area contributed by atoms with Gasteiger partial charge < -0.3 is 0 Å². The van der Waals surface area contributed by atoms with Gasteiger partial charge in [0.15, 0.2) is 0 Å². The molecule has 0 aliphatic rings. The summed E-state index contributed by atoms with van der Waals surface area (Å²) in [6.45, 7) is 0. The van der Waals surface area contributed by atoms with Gasteiger partial charge in [-0.2, -0.15) is 0 Å².